The minimum Gasteiger partial charge on any atom is -0.330 e. The fourth-order valence-corrected chi connectivity index (χ4v) is 2.32. The highest BCUT2D eigenvalue weighted by Crippen LogP contribution is 2.21. The van der Waals surface area contributed by atoms with Gasteiger partial charge in [-0.2, -0.15) is 8.78 Å². The Hall–Kier alpha value is -1.21. The third kappa shape index (κ3) is 3.37. The maximum atomic E-state index is 12.5. The first-order valence-electron chi connectivity index (χ1n) is 5.05. The first-order valence-corrected chi connectivity index (χ1v) is 6.55. The highest BCUT2D eigenvalue weighted by Gasteiger charge is 2.31. The molecule has 2 N–H and O–H groups in total. The predicted molar refractivity (Wildman–Crippen MR) is 62.4 cm³/mol. The number of benzene rings is 1. The Kier molecular flexibility index (Phi) is 4.83. The highest BCUT2D eigenvalue weighted by molar-refractivity contribution is 7.93. The van der Waals surface area contributed by atoms with Crippen LogP contribution in [0.25, 0.3) is 0 Å². The van der Waals surface area contributed by atoms with E-state index in [1.54, 1.807) is 18.2 Å². The van der Waals surface area contributed by atoms with Gasteiger partial charge in [-0.3, -0.25) is 4.31 Å². The molecule has 96 valence electrons. The first-order chi connectivity index (χ1) is 8.00. The molecule has 0 heterocycles. The Labute approximate surface area is 99.1 Å². The highest BCUT2D eigenvalue weighted by atomic mass is 32.2. The van der Waals surface area contributed by atoms with Gasteiger partial charge in [-0.05, 0) is 25.1 Å². The van der Waals surface area contributed by atoms with Gasteiger partial charge in [-0.25, -0.2) is 8.42 Å². The number of anilines is 1. The molecular formula is C10H14F2N2O2S. The van der Waals surface area contributed by atoms with Crippen molar-refractivity contribution in [3.05, 3.63) is 30.3 Å². The molecule has 0 spiro atoms. The van der Waals surface area contributed by atoms with Crippen LogP contribution in [-0.4, -0.2) is 27.3 Å². The second-order valence-electron chi connectivity index (χ2n) is 3.36. The van der Waals surface area contributed by atoms with Crippen molar-refractivity contribution in [2.24, 2.45) is 5.73 Å². The monoisotopic (exact) mass is 264 g/mol. The van der Waals surface area contributed by atoms with Crippen LogP contribution < -0.4 is 10.0 Å². The van der Waals surface area contributed by atoms with Gasteiger partial charge in [0.1, 0.15) is 0 Å². The molecule has 1 rings (SSSR count). The molecule has 0 radical (unpaired) electrons. The molecule has 0 amide bonds. The van der Waals surface area contributed by atoms with E-state index in [1.165, 1.54) is 12.1 Å². The Balaban J connectivity index is 3.05. The Morgan fingerprint density at radius 3 is 2.29 bits per heavy atom. The number of rotatable bonds is 6. The molecule has 0 fully saturated rings. The van der Waals surface area contributed by atoms with Crippen LogP contribution >= 0.6 is 0 Å². The van der Waals surface area contributed by atoms with Crippen molar-refractivity contribution in [2.45, 2.75) is 12.2 Å². The quantitative estimate of drug-likeness (QED) is 0.844. The molecule has 0 aliphatic rings. The lowest BCUT2D eigenvalue weighted by Gasteiger charge is -2.23. The molecule has 0 unspecified atom stereocenters. The van der Waals surface area contributed by atoms with Crippen molar-refractivity contribution in [3.63, 3.8) is 0 Å². The number of hydrogen-bond donors (Lipinski definition) is 1. The van der Waals surface area contributed by atoms with Crippen molar-refractivity contribution in [1.29, 1.82) is 0 Å². The average molecular weight is 264 g/mol. The van der Waals surface area contributed by atoms with E-state index < -0.39 is 15.8 Å². The van der Waals surface area contributed by atoms with E-state index >= 15 is 0 Å². The summed E-state index contributed by atoms with van der Waals surface area (Å²) in [5.41, 5.74) is 5.49. The topological polar surface area (TPSA) is 63.4 Å². The summed E-state index contributed by atoms with van der Waals surface area (Å²) in [6.07, 6.45) is 0.320. The number of halogens is 2. The SMILES string of the molecule is NCCCN(c1ccccc1)S(=O)(=O)C(F)F. The number of hydrogen-bond acceptors (Lipinski definition) is 3. The van der Waals surface area contributed by atoms with Crippen LogP contribution in [-0.2, 0) is 10.0 Å². The normalized spacial score (nSPS) is 11.8. The molecule has 0 atom stereocenters. The summed E-state index contributed by atoms with van der Waals surface area (Å²) in [6, 6.07) is 7.80. The van der Waals surface area contributed by atoms with E-state index in [4.69, 9.17) is 5.73 Å². The molecule has 17 heavy (non-hydrogen) atoms. The summed E-state index contributed by atoms with van der Waals surface area (Å²) in [6.45, 7) is 0.190. The molecule has 1 aromatic carbocycles. The lowest BCUT2D eigenvalue weighted by atomic mass is 10.3. The summed E-state index contributed by atoms with van der Waals surface area (Å²) >= 11 is 0. The number of alkyl halides is 2. The van der Waals surface area contributed by atoms with Crippen molar-refractivity contribution in [2.75, 3.05) is 17.4 Å². The van der Waals surface area contributed by atoms with Gasteiger partial charge in [-0.1, -0.05) is 18.2 Å². The van der Waals surface area contributed by atoms with E-state index in [0.717, 1.165) is 0 Å². The molecular weight excluding hydrogens is 250 g/mol. The third-order valence-corrected chi connectivity index (χ3v) is 3.60. The van der Waals surface area contributed by atoms with Gasteiger partial charge in [0.05, 0.1) is 5.69 Å². The van der Waals surface area contributed by atoms with Gasteiger partial charge in [0.25, 0.3) is 10.0 Å². The fraction of sp³-hybridized carbons (Fsp3) is 0.400. The predicted octanol–water partition coefficient (Wildman–Crippen LogP) is 1.39. The summed E-state index contributed by atoms with van der Waals surface area (Å²) < 4.78 is 48.7. The van der Waals surface area contributed by atoms with Crippen molar-refractivity contribution < 1.29 is 17.2 Å². The van der Waals surface area contributed by atoms with Crippen molar-refractivity contribution in [3.8, 4) is 0 Å². The molecule has 0 bridgehead atoms. The summed E-state index contributed by atoms with van der Waals surface area (Å²) in [5, 5.41) is 0. The first kappa shape index (κ1) is 13.9. The minimum atomic E-state index is -4.62. The zero-order chi connectivity index (χ0) is 12.9. The van der Waals surface area contributed by atoms with Crippen LogP contribution in [0.5, 0.6) is 0 Å². The fourth-order valence-electron chi connectivity index (χ4n) is 1.33. The van der Waals surface area contributed by atoms with E-state index in [2.05, 4.69) is 0 Å². The minimum absolute atomic E-state index is 0.0484. The zero-order valence-electron chi connectivity index (χ0n) is 9.09. The Bertz CT molecular complexity index is 437. The summed E-state index contributed by atoms with van der Waals surface area (Å²) in [4.78, 5) is 0. The largest absolute Gasteiger partial charge is 0.355 e. The lowest BCUT2D eigenvalue weighted by molar-refractivity contribution is 0.234. The molecule has 0 aromatic heterocycles. The van der Waals surface area contributed by atoms with Gasteiger partial charge in [0.15, 0.2) is 0 Å². The van der Waals surface area contributed by atoms with E-state index in [-0.39, 0.29) is 18.8 Å². The van der Waals surface area contributed by atoms with Crippen LogP contribution in [0.4, 0.5) is 14.5 Å². The van der Waals surface area contributed by atoms with Gasteiger partial charge >= 0.3 is 5.76 Å². The molecule has 0 saturated carbocycles. The molecule has 4 nitrogen and oxygen atoms in total. The molecule has 0 aliphatic carbocycles. The van der Waals surface area contributed by atoms with Crippen LogP contribution in [0, 0.1) is 0 Å². The Morgan fingerprint density at radius 2 is 1.82 bits per heavy atom. The van der Waals surface area contributed by atoms with Crippen molar-refractivity contribution in [1.82, 2.24) is 0 Å². The molecule has 7 heteroatoms. The average Bonchev–Trinajstić information content (AvgIpc) is 2.30. The van der Waals surface area contributed by atoms with E-state index in [1.807, 2.05) is 0 Å². The maximum absolute atomic E-state index is 12.5. The molecule has 1 aromatic rings. The maximum Gasteiger partial charge on any atom is 0.355 e. The second kappa shape index (κ2) is 5.92. The second-order valence-corrected chi connectivity index (χ2v) is 5.18. The number of nitrogens with zero attached hydrogens (tertiary/aromatic N) is 1. The van der Waals surface area contributed by atoms with Crippen molar-refractivity contribution >= 4 is 15.7 Å². The van der Waals surface area contributed by atoms with Crippen LogP contribution in [0.15, 0.2) is 30.3 Å². The van der Waals surface area contributed by atoms with E-state index in [0.29, 0.717) is 10.7 Å². The van der Waals surface area contributed by atoms with Gasteiger partial charge in [0, 0.05) is 6.54 Å². The van der Waals surface area contributed by atoms with Gasteiger partial charge in [0.2, 0.25) is 0 Å². The summed E-state index contributed by atoms with van der Waals surface area (Å²) in [5.74, 6) is -3.43. The van der Waals surface area contributed by atoms with Crippen LogP contribution in [0.2, 0.25) is 0 Å². The van der Waals surface area contributed by atoms with Gasteiger partial charge < -0.3 is 5.73 Å². The smallest absolute Gasteiger partial charge is 0.330 e. The number of sulfonamides is 1. The van der Waals surface area contributed by atoms with Crippen LogP contribution in [0.3, 0.4) is 0 Å². The van der Waals surface area contributed by atoms with Gasteiger partial charge in [-0.15, -0.1) is 0 Å². The number of para-hydroxylation sites is 1. The Morgan fingerprint density at radius 1 is 1.24 bits per heavy atom. The zero-order valence-corrected chi connectivity index (χ0v) is 9.91. The lowest BCUT2D eigenvalue weighted by Crippen LogP contribution is -2.36. The standard InChI is InChI=1S/C10H14F2N2O2S/c11-10(12)17(15,16)14(8-4-7-13)9-5-2-1-3-6-9/h1-3,5-6,10H,4,7-8,13H2. The summed E-state index contributed by atoms with van der Waals surface area (Å²) in [7, 11) is -4.62. The number of nitrogens with two attached hydrogens (primary N) is 1. The third-order valence-electron chi connectivity index (χ3n) is 2.14. The molecule has 0 saturated heterocycles. The van der Waals surface area contributed by atoms with E-state index in [9.17, 15) is 17.2 Å². The van der Waals surface area contributed by atoms with Crippen LogP contribution in [0.1, 0.15) is 6.42 Å². The molecule has 0 aliphatic heterocycles.